The van der Waals surface area contributed by atoms with Gasteiger partial charge in [0, 0.05) is 48.7 Å². The third-order valence-electron chi connectivity index (χ3n) is 5.20. The number of carbonyl (C=O) groups excluding carboxylic acids is 1. The highest BCUT2D eigenvalue weighted by Crippen LogP contribution is 2.43. The van der Waals surface area contributed by atoms with Crippen LogP contribution < -0.4 is 4.90 Å². The van der Waals surface area contributed by atoms with Crippen LogP contribution in [0, 0.1) is 12.3 Å². The molecule has 10 heteroatoms. The summed E-state index contributed by atoms with van der Waals surface area (Å²) >= 11 is 1.72. The van der Waals surface area contributed by atoms with Crippen molar-refractivity contribution in [3.05, 3.63) is 47.1 Å². The first-order chi connectivity index (χ1) is 14.1. The highest BCUT2D eigenvalue weighted by Gasteiger charge is 2.47. The summed E-state index contributed by atoms with van der Waals surface area (Å²) in [5.41, 5.74) is 1.39. The zero-order chi connectivity index (χ0) is 21.9. The van der Waals surface area contributed by atoms with E-state index in [4.69, 9.17) is 9.90 Å². The lowest BCUT2D eigenvalue weighted by atomic mass is 9.86. The molecule has 2 fully saturated rings. The normalized spacial score (nSPS) is 21.7. The lowest BCUT2D eigenvalue weighted by Crippen LogP contribution is -2.30. The van der Waals surface area contributed by atoms with Crippen molar-refractivity contribution in [2.75, 3.05) is 24.5 Å². The number of anilines is 1. The van der Waals surface area contributed by atoms with E-state index >= 15 is 0 Å². The Morgan fingerprint density at radius 1 is 1.30 bits per heavy atom. The van der Waals surface area contributed by atoms with Crippen LogP contribution in [-0.2, 0) is 16.1 Å². The summed E-state index contributed by atoms with van der Waals surface area (Å²) in [5.74, 6) is -2.47. The number of likely N-dealkylation sites (tertiary alicyclic amines) is 1. The Hall–Kier alpha value is -2.46. The van der Waals surface area contributed by atoms with E-state index in [0.717, 1.165) is 37.6 Å². The number of thiophene rings is 1. The molecule has 2 aliphatic heterocycles. The topological polar surface area (TPSA) is 73.7 Å². The van der Waals surface area contributed by atoms with Crippen LogP contribution in [0.1, 0.15) is 23.3 Å². The van der Waals surface area contributed by atoms with Gasteiger partial charge in [-0.05, 0) is 43.7 Å². The molecule has 0 aliphatic carbocycles. The second kappa shape index (κ2) is 8.73. The summed E-state index contributed by atoms with van der Waals surface area (Å²) in [6.07, 6.45) is 0.463. The molecule has 1 amide bonds. The fourth-order valence-corrected chi connectivity index (χ4v) is 4.73. The highest BCUT2D eigenvalue weighted by atomic mass is 32.1. The van der Waals surface area contributed by atoms with Crippen LogP contribution >= 0.6 is 11.3 Å². The van der Waals surface area contributed by atoms with Gasteiger partial charge in [-0.25, -0.2) is 4.79 Å². The zero-order valence-electron chi connectivity index (χ0n) is 16.4. The molecule has 1 spiro atoms. The van der Waals surface area contributed by atoms with Gasteiger partial charge in [0.05, 0.1) is 5.00 Å². The lowest BCUT2D eigenvalue weighted by Gasteiger charge is -2.23. The summed E-state index contributed by atoms with van der Waals surface area (Å²) in [6.45, 7) is 5.97. The van der Waals surface area contributed by atoms with E-state index in [1.165, 1.54) is 10.4 Å². The third kappa shape index (κ3) is 5.37. The maximum absolute atomic E-state index is 12.5. The van der Waals surface area contributed by atoms with Gasteiger partial charge in [0.25, 0.3) is 0 Å². The summed E-state index contributed by atoms with van der Waals surface area (Å²) in [6, 6.07) is 8.29. The molecule has 162 valence electrons. The minimum atomic E-state index is -5.08. The molecule has 2 aromatic rings. The van der Waals surface area contributed by atoms with Gasteiger partial charge >= 0.3 is 12.1 Å². The maximum Gasteiger partial charge on any atom is 0.490 e. The summed E-state index contributed by atoms with van der Waals surface area (Å²) in [4.78, 5) is 31.3. The van der Waals surface area contributed by atoms with Gasteiger partial charge < -0.3 is 10.0 Å². The monoisotopic (exact) mass is 441 g/mol. The molecule has 2 aromatic heterocycles. The average molecular weight is 441 g/mol. The molecule has 0 aromatic carbocycles. The van der Waals surface area contributed by atoms with Crippen LogP contribution in [0.5, 0.6) is 0 Å². The minimum Gasteiger partial charge on any atom is -0.475 e. The van der Waals surface area contributed by atoms with E-state index in [0.29, 0.717) is 6.42 Å². The van der Waals surface area contributed by atoms with Crippen molar-refractivity contribution in [1.29, 1.82) is 0 Å². The number of aliphatic carboxylic acids is 1. The largest absolute Gasteiger partial charge is 0.490 e. The van der Waals surface area contributed by atoms with Crippen LogP contribution in [-0.4, -0.2) is 52.7 Å². The Bertz CT molecular complexity index is 903. The van der Waals surface area contributed by atoms with E-state index in [2.05, 4.69) is 35.0 Å². The number of hydrogen-bond donors (Lipinski definition) is 1. The van der Waals surface area contributed by atoms with E-state index in [9.17, 15) is 18.0 Å². The molecular weight excluding hydrogens is 419 g/mol. The SMILES string of the molecule is Cc1ccc(N2CC3(CCN(Cc4cccnc4)C3)CC2=O)s1.O=C(O)C(F)(F)F. The molecule has 0 radical (unpaired) electrons. The number of carboxylic acid groups (broad SMARTS) is 1. The van der Waals surface area contributed by atoms with Crippen LogP contribution in [0.4, 0.5) is 18.2 Å². The predicted octanol–water partition coefficient (Wildman–Crippen LogP) is 3.71. The molecule has 4 rings (SSSR count). The van der Waals surface area contributed by atoms with Gasteiger partial charge in [-0.3, -0.25) is 14.7 Å². The van der Waals surface area contributed by atoms with Crippen molar-refractivity contribution in [3.8, 4) is 0 Å². The number of nitrogens with zero attached hydrogens (tertiary/aromatic N) is 3. The number of hydrogen-bond acceptors (Lipinski definition) is 5. The Morgan fingerprint density at radius 3 is 2.60 bits per heavy atom. The molecule has 1 unspecified atom stereocenters. The molecule has 30 heavy (non-hydrogen) atoms. The third-order valence-corrected chi connectivity index (χ3v) is 6.23. The van der Waals surface area contributed by atoms with Gasteiger partial charge in [-0.1, -0.05) is 6.07 Å². The molecule has 4 heterocycles. The Kier molecular flexibility index (Phi) is 6.47. The second-order valence-corrected chi connectivity index (χ2v) is 8.93. The van der Waals surface area contributed by atoms with E-state index in [-0.39, 0.29) is 11.3 Å². The number of carbonyl (C=O) groups is 2. The highest BCUT2D eigenvalue weighted by molar-refractivity contribution is 7.16. The van der Waals surface area contributed by atoms with Crippen LogP contribution in [0.3, 0.4) is 0 Å². The quantitative estimate of drug-likeness (QED) is 0.786. The van der Waals surface area contributed by atoms with Crippen LogP contribution in [0.15, 0.2) is 36.7 Å². The fourth-order valence-electron chi connectivity index (χ4n) is 3.85. The Labute approximate surface area is 175 Å². The molecule has 1 N–H and O–H groups in total. The van der Waals surface area contributed by atoms with Crippen molar-refractivity contribution < 1.29 is 27.9 Å². The van der Waals surface area contributed by atoms with Gasteiger partial charge in [-0.15, -0.1) is 11.3 Å². The first-order valence-electron chi connectivity index (χ1n) is 9.36. The van der Waals surface area contributed by atoms with Gasteiger partial charge in [0.15, 0.2) is 0 Å². The number of rotatable bonds is 3. The number of aryl methyl sites for hydroxylation is 1. The Balaban J connectivity index is 0.000000318. The van der Waals surface area contributed by atoms with Gasteiger partial charge in [0.1, 0.15) is 0 Å². The number of aromatic nitrogens is 1. The molecule has 0 saturated carbocycles. The number of amides is 1. The van der Waals surface area contributed by atoms with Gasteiger partial charge in [-0.2, -0.15) is 13.2 Å². The van der Waals surface area contributed by atoms with Crippen molar-refractivity contribution >= 4 is 28.2 Å². The first-order valence-corrected chi connectivity index (χ1v) is 10.2. The van der Waals surface area contributed by atoms with Crippen LogP contribution in [0.25, 0.3) is 0 Å². The summed E-state index contributed by atoms with van der Waals surface area (Å²) in [5, 5.41) is 8.23. The molecule has 2 aliphatic rings. The summed E-state index contributed by atoms with van der Waals surface area (Å²) < 4.78 is 31.7. The number of alkyl halides is 3. The maximum atomic E-state index is 12.5. The summed E-state index contributed by atoms with van der Waals surface area (Å²) in [7, 11) is 0. The Morgan fingerprint density at radius 2 is 2.03 bits per heavy atom. The van der Waals surface area contributed by atoms with Crippen molar-refractivity contribution in [3.63, 3.8) is 0 Å². The molecule has 1 atom stereocenters. The van der Waals surface area contributed by atoms with Crippen LogP contribution in [0.2, 0.25) is 0 Å². The molecular formula is C20H22F3N3O3S. The first kappa shape index (κ1) is 22.2. The fraction of sp³-hybridized carbons (Fsp3) is 0.450. The predicted molar refractivity (Wildman–Crippen MR) is 106 cm³/mol. The van der Waals surface area contributed by atoms with Crippen molar-refractivity contribution in [2.24, 2.45) is 5.41 Å². The van der Waals surface area contributed by atoms with Crippen molar-refractivity contribution in [2.45, 2.75) is 32.5 Å². The molecule has 0 bridgehead atoms. The molecule has 6 nitrogen and oxygen atoms in total. The smallest absolute Gasteiger partial charge is 0.475 e. The van der Waals surface area contributed by atoms with Gasteiger partial charge in [0.2, 0.25) is 5.91 Å². The average Bonchev–Trinajstić information content (AvgIpc) is 3.35. The standard InChI is InChI=1S/C18H21N3OS.C2HF3O2/c1-14-4-5-17(23-14)21-13-18(9-16(21)22)6-8-20(12-18)11-15-3-2-7-19-10-15;3-2(4,5)1(6)7/h2-5,7,10H,6,8-9,11-13H2,1H3;(H,6,7). The molecule has 2 saturated heterocycles. The second-order valence-electron chi connectivity index (χ2n) is 7.67. The zero-order valence-corrected chi connectivity index (χ0v) is 17.2. The number of halogens is 3. The minimum absolute atomic E-state index is 0.136. The lowest BCUT2D eigenvalue weighted by molar-refractivity contribution is -0.192. The van der Waals surface area contributed by atoms with Crippen molar-refractivity contribution in [1.82, 2.24) is 9.88 Å². The number of pyridine rings is 1. The van der Waals surface area contributed by atoms with E-state index in [1.807, 2.05) is 23.4 Å². The number of carboxylic acids is 1. The van der Waals surface area contributed by atoms with E-state index in [1.54, 1.807) is 11.3 Å². The van der Waals surface area contributed by atoms with E-state index < -0.39 is 12.1 Å².